The maximum absolute atomic E-state index is 6.08. The number of allylic oxidation sites excluding steroid dienone is 2. The van der Waals surface area contributed by atoms with Gasteiger partial charge < -0.3 is 0 Å². The van der Waals surface area contributed by atoms with Crippen LogP contribution in [-0.4, -0.2) is 0 Å². The Kier molecular flexibility index (Phi) is 4.75. The van der Waals surface area contributed by atoms with E-state index in [0.717, 1.165) is 17.9 Å². The first-order valence-corrected chi connectivity index (χ1v) is 5.52. The topological polar surface area (TPSA) is 0 Å². The predicted molar refractivity (Wildman–Crippen MR) is 63.8 cm³/mol. The van der Waals surface area contributed by atoms with Crippen LogP contribution in [0.5, 0.6) is 0 Å². The highest BCUT2D eigenvalue weighted by Gasteiger charge is 2.02. The molecule has 0 saturated carbocycles. The Labute approximate surface area is 91.6 Å². The number of rotatable bonds is 4. The van der Waals surface area contributed by atoms with Gasteiger partial charge in [-0.2, -0.15) is 0 Å². The predicted octanol–water partition coefficient (Wildman–Crippen LogP) is 4.48. The van der Waals surface area contributed by atoms with E-state index in [1.54, 1.807) is 0 Å². The Morgan fingerprint density at radius 2 is 2.07 bits per heavy atom. The van der Waals surface area contributed by atoms with Gasteiger partial charge in [-0.05, 0) is 30.4 Å². The van der Waals surface area contributed by atoms with Gasteiger partial charge in [0.1, 0.15) is 0 Å². The first-order chi connectivity index (χ1) is 6.74. The van der Waals surface area contributed by atoms with Gasteiger partial charge in [-0.15, -0.1) is 0 Å². The molecule has 0 aliphatic rings. The zero-order valence-electron chi connectivity index (χ0n) is 8.83. The second-order valence-electron chi connectivity index (χ2n) is 3.61. The van der Waals surface area contributed by atoms with Gasteiger partial charge in [0, 0.05) is 5.02 Å². The summed E-state index contributed by atoms with van der Waals surface area (Å²) in [6.07, 6.45) is 6.59. The summed E-state index contributed by atoms with van der Waals surface area (Å²) >= 11 is 6.08. The van der Waals surface area contributed by atoms with Gasteiger partial charge in [-0.3, -0.25) is 0 Å². The fourth-order valence-electron chi connectivity index (χ4n) is 1.45. The SMILES string of the molecule is CC/C=C\C(C)Cc1ccccc1Cl. The van der Waals surface area contributed by atoms with E-state index in [-0.39, 0.29) is 0 Å². The average molecular weight is 209 g/mol. The lowest BCUT2D eigenvalue weighted by molar-refractivity contribution is 0.721. The van der Waals surface area contributed by atoms with Crippen LogP contribution in [0.15, 0.2) is 36.4 Å². The molecule has 0 heterocycles. The Hall–Kier alpha value is -0.750. The fraction of sp³-hybridized carbons (Fsp3) is 0.385. The average Bonchev–Trinajstić information content (AvgIpc) is 2.18. The summed E-state index contributed by atoms with van der Waals surface area (Å²) < 4.78 is 0. The smallest absolute Gasteiger partial charge is 0.0438 e. The Balaban J connectivity index is 2.60. The second-order valence-corrected chi connectivity index (χ2v) is 4.02. The van der Waals surface area contributed by atoms with E-state index in [1.165, 1.54) is 5.56 Å². The molecule has 1 rings (SSSR count). The molecule has 1 heteroatoms. The molecule has 1 aromatic carbocycles. The monoisotopic (exact) mass is 208 g/mol. The molecule has 1 unspecified atom stereocenters. The highest BCUT2D eigenvalue weighted by Crippen LogP contribution is 2.19. The molecule has 0 aromatic heterocycles. The van der Waals surface area contributed by atoms with E-state index in [1.807, 2.05) is 18.2 Å². The van der Waals surface area contributed by atoms with Crippen LogP contribution in [-0.2, 0) is 6.42 Å². The van der Waals surface area contributed by atoms with Crippen LogP contribution in [0.3, 0.4) is 0 Å². The van der Waals surface area contributed by atoms with Crippen LogP contribution in [0, 0.1) is 5.92 Å². The molecule has 0 fully saturated rings. The molecular weight excluding hydrogens is 192 g/mol. The number of benzene rings is 1. The summed E-state index contributed by atoms with van der Waals surface area (Å²) in [4.78, 5) is 0. The van der Waals surface area contributed by atoms with Crippen molar-refractivity contribution >= 4 is 11.6 Å². The summed E-state index contributed by atoms with van der Waals surface area (Å²) in [5, 5.41) is 0.879. The zero-order chi connectivity index (χ0) is 10.4. The summed E-state index contributed by atoms with van der Waals surface area (Å²) in [7, 11) is 0. The third-order valence-electron chi connectivity index (χ3n) is 2.20. The molecule has 0 aliphatic carbocycles. The number of hydrogen-bond donors (Lipinski definition) is 0. The molecule has 0 saturated heterocycles. The van der Waals surface area contributed by atoms with Gasteiger partial charge >= 0.3 is 0 Å². The first-order valence-electron chi connectivity index (χ1n) is 5.14. The molecule has 1 aromatic rings. The Bertz CT molecular complexity index is 302. The van der Waals surface area contributed by atoms with E-state index in [0.29, 0.717) is 5.92 Å². The van der Waals surface area contributed by atoms with Crippen molar-refractivity contribution in [3.8, 4) is 0 Å². The second kappa shape index (κ2) is 5.87. The molecule has 0 nitrogen and oxygen atoms in total. The van der Waals surface area contributed by atoms with E-state index < -0.39 is 0 Å². The van der Waals surface area contributed by atoms with Crippen molar-refractivity contribution in [3.05, 3.63) is 47.0 Å². The van der Waals surface area contributed by atoms with Gasteiger partial charge in [0.05, 0.1) is 0 Å². The van der Waals surface area contributed by atoms with E-state index >= 15 is 0 Å². The minimum Gasteiger partial charge on any atom is -0.0885 e. The molecule has 76 valence electrons. The fourth-order valence-corrected chi connectivity index (χ4v) is 1.66. The van der Waals surface area contributed by atoms with Crippen molar-refractivity contribution in [1.82, 2.24) is 0 Å². The zero-order valence-corrected chi connectivity index (χ0v) is 9.59. The maximum Gasteiger partial charge on any atom is 0.0438 e. The molecule has 0 spiro atoms. The molecule has 0 N–H and O–H groups in total. The van der Waals surface area contributed by atoms with Crippen molar-refractivity contribution in [2.24, 2.45) is 5.92 Å². The minimum absolute atomic E-state index is 0.565. The van der Waals surface area contributed by atoms with Crippen LogP contribution in [0.2, 0.25) is 5.02 Å². The highest BCUT2D eigenvalue weighted by atomic mass is 35.5. The van der Waals surface area contributed by atoms with E-state index in [2.05, 4.69) is 32.1 Å². The molecular formula is C13H17Cl. The summed E-state index contributed by atoms with van der Waals surface area (Å²) in [5.41, 5.74) is 1.24. The molecule has 0 radical (unpaired) electrons. The minimum atomic E-state index is 0.565. The lowest BCUT2D eigenvalue weighted by atomic mass is 10.0. The quantitative estimate of drug-likeness (QED) is 0.640. The number of hydrogen-bond acceptors (Lipinski definition) is 0. The standard InChI is InChI=1S/C13H17Cl/c1-3-4-7-11(2)10-12-8-5-6-9-13(12)14/h4-9,11H,3,10H2,1-2H3/b7-4-. The van der Waals surface area contributed by atoms with Crippen molar-refractivity contribution in [3.63, 3.8) is 0 Å². The van der Waals surface area contributed by atoms with Gasteiger partial charge in [-0.1, -0.05) is 55.8 Å². The molecule has 0 aliphatic heterocycles. The van der Waals surface area contributed by atoms with Crippen LogP contribution < -0.4 is 0 Å². The van der Waals surface area contributed by atoms with Gasteiger partial charge in [0.25, 0.3) is 0 Å². The number of halogens is 1. The highest BCUT2D eigenvalue weighted by molar-refractivity contribution is 6.31. The van der Waals surface area contributed by atoms with Crippen LogP contribution >= 0.6 is 11.6 Å². The largest absolute Gasteiger partial charge is 0.0885 e. The normalized spacial score (nSPS) is 13.4. The third-order valence-corrected chi connectivity index (χ3v) is 2.57. The van der Waals surface area contributed by atoms with Gasteiger partial charge in [0.2, 0.25) is 0 Å². The van der Waals surface area contributed by atoms with Crippen LogP contribution in [0.25, 0.3) is 0 Å². The van der Waals surface area contributed by atoms with Crippen molar-refractivity contribution < 1.29 is 0 Å². The lowest BCUT2D eigenvalue weighted by Gasteiger charge is -2.07. The summed E-state index contributed by atoms with van der Waals surface area (Å²) in [5.74, 6) is 0.565. The van der Waals surface area contributed by atoms with E-state index in [4.69, 9.17) is 11.6 Å². The molecule has 0 bridgehead atoms. The van der Waals surface area contributed by atoms with Crippen molar-refractivity contribution in [1.29, 1.82) is 0 Å². The van der Waals surface area contributed by atoms with Crippen LogP contribution in [0.1, 0.15) is 25.8 Å². The first kappa shape index (κ1) is 11.3. The van der Waals surface area contributed by atoms with Crippen molar-refractivity contribution in [2.75, 3.05) is 0 Å². The Morgan fingerprint density at radius 3 is 2.71 bits per heavy atom. The van der Waals surface area contributed by atoms with Crippen molar-refractivity contribution in [2.45, 2.75) is 26.7 Å². The molecule has 0 amide bonds. The summed E-state index contributed by atoms with van der Waals surface area (Å²) in [6, 6.07) is 8.06. The molecule has 14 heavy (non-hydrogen) atoms. The van der Waals surface area contributed by atoms with Gasteiger partial charge in [0.15, 0.2) is 0 Å². The maximum atomic E-state index is 6.08. The third kappa shape index (κ3) is 3.55. The lowest BCUT2D eigenvalue weighted by Crippen LogP contribution is -1.96. The van der Waals surface area contributed by atoms with E-state index in [9.17, 15) is 0 Å². The summed E-state index contributed by atoms with van der Waals surface area (Å²) in [6.45, 7) is 4.37. The Morgan fingerprint density at radius 1 is 1.36 bits per heavy atom. The van der Waals surface area contributed by atoms with Gasteiger partial charge in [-0.25, -0.2) is 0 Å². The molecule has 1 atom stereocenters. The van der Waals surface area contributed by atoms with Crippen LogP contribution in [0.4, 0.5) is 0 Å².